The van der Waals surface area contributed by atoms with Gasteiger partial charge in [-0.25, -0.2) is 15.0 Å². The molecule has 1 saturated heterocycles. The highest BCUT2D eigenvalue weighted by molar-refractivity contribution is 6.01. The van der Waals surface area contributed by atoms with E-state index in [4.69, 9.17) is 9.47 Å². The Morgan fingerprint density at radius 1 is 1.24 bits per heavy atom. The number of fused-ring (bicyclic) bond motifs is 2. The van der Waals surface area contributed by atoms with Crippen LogP contribution in [0.5, 0.6) is 11.6 Å². The van der Waals surface area contributed by atoms with Crippen LogP contribution in [0.4, 0.5) is 11.5 Å². The Hall–Kier alpha value is -3.83. The number of hydrogen-bond donors (Lipinski definition) is 4. The number of para-hydroxylation sites is 1. The molecule has 0 aliphatic carbocycles. The van der Waals surface area contributed by atoms with Crippen molar-refractivity contribution in [2.75, 3.05) is 30.9 Å². The van der Waals surface area contributed by atoms with E-state index in [-0.39, 0.29) is 30.5 Å². The lowest BCUT2D eigenvalue weighted by Crippen LogP contribution is -2.52. The number of nitrogens with one attached hydrogen (secondary N) is 4. The van der Waals surface area contributed by atoms with Crippen LogP contribution in [0.2, 0.25) is 0 Å². The molecule has 2 aliphatic rings. The third-order valence-corrected chi connectivity index (χ3v) is 5.85. The highest BCUT2D eigenvalue weighted by Gasteiger charge is 2.26. The van der Waals surface area contributed by atoms with Crippen molar-refractivity contribution >= 4 is 34.4 Å². The van der Waals surface area contributed by atoms with Gasteiger partial charge in [-0.05, 0) is 37.1 Å². The summed E-state index contributed by atoms with van der Waals surface area (Å²) in [7, 11) is 1.53. The number of carbonyl (C=O) groups excluding carboxylic acids is 2. The molecule has 2 aromatic heterocycles. The predicted molar refractivity (Wildman–Crippen MR) is 125 cm³/mol. The number of piperidine rings is 1. The second-order valence-electron chi connectivity index (χ2n) is 8.18. The quantitative estimate of drug-likeness (QED) is 0.425. The van der Waals surface area contributed by atoms with Crippen LogP contribution in [0.3, 0.4) is 0 Å². The van der Waals surface area contributed by atoms with Crippen molar-refractivity contribution in [1.82, 2.24) is 25.6 Å². The number of amides is 2. The van der Waals surface area contributed by atoms with Crippen molar-refractivity contribution in [2.45, 2.75) is 31.5 Å². The fourth-order valence-corrected chi connectivity index (χ4v) is 4.04. The third-order valence-electron chi connectivity index (χ3n) is 5.85. The Morgan fingerprint density at radius 2 is 2.15 bits per heavy atom. The molecule has 0 saturated carbocycles. The van der Waals surface area contributed by atoms with Crippen LogP contribution < -0.4 is 30.7 Å². The van der Waals surface area contributed by atoms with Crippen LogP contribution >= 0.6 is 0 Å². The molecule has 34 heavy (non-hydrogen) atoms. The summed E-state index contributed by atoms with van der Waals surface area (Å²) < 4.78 is 10.5. The molecule has 2 aliphatic heterocycles. The lowest BCUT2D eigenvalue weighted by Gasteiger charge is -2.30. The summed E-state index contributed by atoms with van der Waals surface area (Å²) >= 11 is 0. The van der Waals surface area contributed by atoms with E-state index in [9.17, 15) is 9.59 Å². The smallest absolute Gasteiger partial charge is 0.263 e. The van der Waals surface area contributed by atoms with Gasteiger partial charge in [-0.1, -0.05) is 6.07 Å². The van der Waals surface area contributed by atoms with Gasteiger partial charge in [-0.15, -0.1) is 0 Å². The molecule has 5 rings (SSSR count). The largest absolute Gasteiger partial charge is 0.480 e. The number of nitrogens with zero attached hydrogens (tertiary/aromatic N) is 3. The van der Waals surface area contributed by atoms with E-state index in [0.717, 1.165) is 12.1 Å². The molecular weight excluding hydrogens is 438 g/mol. The first-order chi connectivity index (χ1) is 16.6. The average molecular weight is 463 g/mol. The van der Waals surface area contributed by atoms with E-state index in [1.807, 2.05) is 24.3 Å². The van der Waals surface area contributed by atoms with Gasteiger partial charge in [0.2, 0.25) is 11.8 Å². The summed E-state index contributed by atoms with van der Waals surface area (Å²) in [5.74, 6) is 1.10. The topological polar surface area (TPSA) is 139 Å². The molecule has 0 radical (unpaired) electrons. The lowest BCUT2D eigenvalue weighted by atomic mass is 10.00. The number of benzene rings is 1. The van der Waals surface area contributed by atoms with Crippen LogP contribution in [0.25, 0.3) is 11.0 Å². The van der Waals surface area contributed by atoms with Crippen molar-refractivity contribution in [3.63, 3.8) is 0 Å². The third kappa shape index (κ3) is 4.75. The number of aromatic nitrogens is 3. The maximum Gasteiger partial charge on any atom is 0.263 e. The SMILES string of the molecule is COc1cnc2cccc(NC(=O)C3CCC(NCc4ccc5c(n4)NC(=O)CO5)CN3)c2n1. The van der Waals surface area contributed by atoms with Crippen LogP contribution in [-0.4, -0.2) is 59.1 Å². The monoisotopic (exact) mass is 463 g/mol. The number of pyridine rings is 1. The number of ether oxygens (including phenoxy) is 2. The molecule has 2 unspecified atom stereocenters. The van der Waals surface area contributed by atoms with E-state index in [2.05, 4.69) is 36.2 Å². The molecule has 1 fully saturated rings. The molecule has 3 aromatic rings. The van der Waals surface area contributed by atoms with E-state index in [1.165, 1.54) is 7.11 Å². The second-order valence-corrected chi connectivity index (χ2v) is 8.18. The van der Waals surface area contributed by atoms with Gasteiger partial charge in [0, 0.05) is 19.1 Å². The Balaban J connectivity index is 1.14. The van der Waals surface area contributed by atoms with Crippen molar-refractivity contribution in [2.24, 2.45) is 0 Å². The summed E-state index contributed by atoms with van der Waals surface area (Å²) in [6.07, 6.45) is 3.07. The summed E-state index contributed by atoms with van der Waals surface area (Å²) in [4.78, 5) is 37.6. The Labute approximate surface area is 195 Å². The summed E-state index contributed by atoms with van der Waals surface area (Å²) in [6, 6.07) is 9.05. The maximum absolute atomic E-state index is 12.9. The molecule has 11 nitrogen and oxygen atoms in total. The fraction of sp³-hybridized carbons (Fsp3) is 0.348. The number of carbonyl (C=O) groups is 2. The maximum atomic E-state index is 12.9. The molecule has 2 atom stereocenters. The van der Waals surface area contributed by atoms with E-state index < -0.39 is 0 Å². The minimum atomic E-state index is -0.305. The summed E-state index contributed by atoms with van der Waals surface area (Å²) in [6.45, 7) is 1.20. The van der Waals surface area contributed by atoms with Gasteiger partial charge in [0.25, 0.3) is 5.91 Å². The zero-order chi connectivity index (χ0) is 23.5. The predicted octanol–water partition coefficient (Wildman–Crippen LogP) is 1.21. The normalized spacial score (nSPS) is 19.6. The van der Waals surface area contributed by atoms with Gasteiger partial charge in [-0.3, -0.25) is 9.59 Å². The van der Waals surface area contributed by atoms with Gasteiger partial charge < -0.3 is 30.7 Å². The molecular formula is C23H25N7O4. The van der Waals surface area contributed by atoms with Crippen molar-refractivity contribution in [3.8, 4) is 11.6 Å². The van der Waals surface area contributed by atoms with Gasteiger partial charge >= 0.3 is 0 Å². The van der Waals surface area contributed by atoms with Crippen molar-refractivity contribution in [1.29, 1.82) is 0 Å². The van der Waals surface area contributed by atoms with Gasteiger partial charge in [0.05, 0.1) is 36.2 Å². The minimum Gasteiger partial charge on any atom is -0.480 e. The number of hydrogen-bond acceptors (Lipinski definition) is 9. The van der Waals surface area contributed by atoms with Gasteiger partial charge in [0.1, 0.15) is 5.52 Å². The standard InChI is InChI=1S/C23H25N7O4/c1-33-20-11-26-15-3-2-4-16(21(15)30-20)28-23(32)17-7-5-13(9-25-17)24-10-14-6-8-18-22(27-14)29-19(31)12-34-18/h2-4,6,8,11,13,17,24-25H,5,7,9-10,12H2,1H3,(H,28,32)(H,27,29,31). The fourth-order valence-electron chi connectivity index (χ4n) is 4.04. The average Bonchev–Trinajstić information content (AvgIpc) is 2.87. The van der Waals surface area contributed by atoms with E-state index >= 15 is 0 Å². The van der Waals surface area contributed by atoms with Crippen LogP contribution in [0.15, 0.2) is 36.5 Å². The van der Waals surface area contributed by atoms with E-state index in [1.54, 1.807) is 12.3 Å². The Morgan fingerprint density at radius 3 is 2.97 bits per heavy atom. The van der Waals surface area contributed by atoms with Crippen LogP contribution in [0.1, 0.15) is 18.5 Å². The zero-order valence-electron chi connectivity index (χ0n) is 18.6. The van der Waals surface area contributed by atoms with Crippen LogP contribution in [0, 0.1) is 0 Å². The summed E-state index contributed by atoms with van der Waals surface area (Å²) in [5, 5.41) is 12.5. The molecule has 4 N–H and O–H groups in total. The number of methoxy groups -OCH3 is 1. The number of anilines is 2. The lowest BCUT2D eigenvalue weighted by molar-refractivity contribution is -0.119. The zero-order valence-corrected chi connectivity index (χ0v) is 18.6. The Kier molecular flexibility index (Phi) is 6.19. The first-order valence-electron chi connectivity index (χ1n) is 11.1. The van der Waals surface area contributed by atoms with Gasteiger partial charge in [0.15, 0.2) is 18.2 Å². The van der Waals surface area contributed by atoms with Crippen molar-refractivity contribution in [3.05, 3.63) is 42.2 Å². The molecule has 0 spiro atoms. The first kappa shape index (κ1) is 22.0. The van der Waals surface area contributed by atoms with E-state index in [0.29, 0.717) is 53.7 Å². The Bertz CT molecular complexity index is 1230. The minimum absolute atomic E-state index is 0.0108. The second kappa shape index (κ2) is 9.57. The molecule has 4 heterocycles. The van der Waals surface area contributed by atoms with Crippen molar-refractivity contribution < 1.29 is 19.1 Å². The molecule has 2 amide bonds. The molecule has 11 heteroatoms. The molecule has 1 aromatic carbocycles. The summed E-state index contributed by atoms with van der Waals surface area (Å²) in [5.41, 5.74) is 2.67. The molecule has 176 valence electrons. The highest BCUT2D eigenvalue weighted by atomic mass is 16.5. The van der Waals surface area contributed by atoms with Crippen LogP contribution in [-0.2, 0) is 16.1 Å². The number of rotatable bonds is 6. The van der Waals surface area contributed by atoms with Gasteiger partial charge in [-0.2, -0.15) is 0 Å². The molecule has 0 bridgehead atoms. The first-order valence-corrected chi connectivity index (χ1v) is 11.1. The highest BCUT2D eigenvalue weighted by Crippen LogP contribution is 2.25.